The SMILES string of the molecule is Cc1ccc(N2C(=O)c3ccc(N=Nc4c(N)ccc5cc(S(=O)(=O)O)cc(O)c45)cc3C2=O)cc1. The Morgan fingerprint density at radius 3 is 2.25 bits per heavy atom. The summed E-state index contributed by atoms with van der Waals surface area (Å²) in [4.78, 5) is 26.5. The predicted octanol–water partition coefficient (Wildman–Crippen LogP) is 4.90. The Morgan fingerprint density at radius 1 is 0.861 bits per heavy atom. The first-order valence-electron chi connectivity index (χ1n) is 10.6. The quantitative estimate of drug-likeness (QED) is 0.155. The van der Waals surface area contributed by atoms with E-state index >= 15 is 0 Å². The third-order valence-corrected chi connectivity index (χ3v) is 6.63. The number of hydrogen-bond acceptors (Lipinski definition) is 8. The van der Waals surface area contributed by atoms with Crippen LogP contribution >= 0.6 is 0 Å². The van der Waals surface area contributed by atoms with Gasteiger partial charge in [-0.25, -0.2) is 4.90 Å². The normalized spacial score (nSPS) is 13.7. The van der Waals surface area contributed by atoms with E-state index in [-0.39, 0.29) is 39.0 Å². The summed E-state index contributed by atoms with van der Waals surface area (Å²) >= 11 is 0. The fourth-order valence-electron chi connectivity index (χ4n) is 4.00. The largest absolute Gasteiger partial charge is 0.507 e. The van der Waals surface area contributed by atoms with Crippen LogP contribution in [0.3, 0.4) is 0 Å². The summed E-state index contributed by atoms with van der Waals surface area (Å²) in [5.41, 5.74) is 8.36. The Kier molecular flexibility index (Phi) is 5.31. The van der Waals surface area contributed by atoms with E-state index in [4.69, 9.17) is 5.73 Å². The molecule has 10 nitrogen and oxygen atoms in total. The lowest BCUT2D eigenvalue weighted by Crippen LogP contribution is -2.29. The second-order valence-corrected chi connectivity index (χ2v) is 9.65. The minimum atomic E-state index is -4.55. The number of phenolic OH excluding ortho intramolecular Hbond substituents is 1. The Balaban J connectivity index is 1.53. The summed E-state index contributed by atoms with van der Waals surface area (Å²) in [6.07, 6.45) is 0. The monoisotopic (exact) mass is 502 g/mol. The number of aryl methyl sites for hydroxylation is 1. The predicted molar refractivity (Wildman–Crippen MR) is 133 cm³/mol. The summed E-state index contributed by atoms with van der Waals surface area (Å²) in [5.74, 6) is -1.40. The lowest BCUT2D eigenvalue weighted by molar-refractivity contribution is 0.0926. The van der Waals surface area contributed by atoms with Crippen molar-refractivity contribution in [1.82, 2.24) is 0 Å². The summed E-state index contributed by atoms with van der Waals surface area (Å²) in [6, 6.07) is 16.4. The van der Waals surface area contributed by atoms with Gasteiger partial charge in [-0.05, 0) is 54.8 Å². The number of aromatic hydroxyl groups is 1. The van der Waals surface area contributed by atoms with E-state index in [0.29, 0.717) is 5.69 Å². The number of rotatable bonds is 4. The summed E-state index contributed by atoms with van der Waals surface area (Å²) < 4.78 is 32.3. The van der Waals surface area contributed by atoms with Gasteiger partial charge in [-0.15, -0.1) is 5.11 Å². The minimum Gasteiger partial charge on any atom is -0.507 e. The molecule has 0 atom stereocenters. The van der Waals surface area contributed by atoms with Crippen molar-refractivity contribution in [3.63, 3.8) is 0 Å². The van der Waals surface area contributed by atoms with E-state index in [2.05, 4.69) is 10.2 Å². The van der Waals surface area contributed by atoms with Crippen molar-refractivity contribution in [2.24, 2.45) is 10.2 Å². The number of nitrogens with zero attached hydrogens (tertiary/aromatic N) is 3. The molecule has 36 heavy (non-hydrogen) atoms. The van der Waals surface area contributed by atoms with Gasteiger partial charge < -0.3 is 10.8 Å². The van der Waals surface area contributed by atoms with E-state index in [9.17, 15) is 27.7 Å². The molecule has 5 rings (SSSR count). The van der Waals surface area contributed by atoms with Crippen LogP contribution in [0, 0.1) is 6.92 Å². The van der Waals surface area contributed by atoms with Crippen molar-refractivity contribution in [2.45, 2.75) is 11.8 Å². The molecule has 180 valence electrons. The maximum Gasteiger partial charge on any atom is 0.294 e. The number of anilines is 2. The molecule has 11 heteroatoms. The molecular weight excluding hydrogens is 484 g/mol. The van der Waals surface area contributed by atoms with Crippen LogP contribution in [-0.4, -0.2) is 29.9 Å². The van der Waals surface area contributed by atoms with Crippen LogP contribution in [0.5, 0.6) is 5.75 Å². The van der Waals surface area contributed by atoms with Crippen molar-refractivity contribution in [2.75, 3.05) is 10.6 Å². The standard InChI is InChI=1S/C25H18N4O6S/c1-13-2-6-16(7-3-13)29-24(31)18-8-5-15(11-19(18)25(29)32)27-28-23-20(26)9-4-14-10-17(36(33,34)35)12-21(30)22(14)23/h2-12,30H,26H2,1H3,(H,33,34,35). The van der Waals surface area contributed by atoms with Crippen LogP contribution in [0.15, 0.2) is 81.9 Å². The van der Waals surface area contributed by atoms with Crippen LogP contribution in [0.25, 0.3) is 10.8 Å². The van der Waals surface area contributed by atoms with Gasteiger partial charge in [-0.1, -0.05) is 23.8 Å². The summed E-state index contributed by atoms with van der Waals surface area (Å²) in [5, 5.41) is 19.1. The molecule has 0 aliphatic carbocycles. The molecule has 2 amide bonds. The van der Waals surface area contributed by atoms with Crippen LogP contribution in [0.1, 0.15) is 26.3 Å². The lowest BCUT2D eigenvalue weighted by Gasteiger charge is -2.13. The third kappa shape index (κ3) is 3.85. The molecule has 0 saturated carbocycles. The van der Waals surface area contributed by atoms with Gasteiger partial charge in [0.15, 0.2) is 0 Å². The number of nitrogen functional groups attached to an aromatic ring is 1. The Labute approximate surface area is 205 Å². The first-order valence-corrected chi connectivity index (χ1v) is 12.0. The van der Waals surface area contributed by atoms with E-state index < -0.39 is 32.6 Å². The number of imide groups is 1. The van der Waals surface area contributed by atoms with Gasteiger partial charge in [0.05, 0.1) is 38.5 Å². The number of azo groups is 1. The van der Waals surface area contributed by atoms with Crippen LogP contribution in [-0.2, 0) is 10.1 Å². The van der Waals surface area contributed by atoms with Crippen LogP contribution in [0.2, 0.25) is 0 Å². The maximum atomic E-state index is 13.0. The van der Waals surface area contributed by atoms with Crippen LogP contribution < -0.4 is 10.6 Å². The second kappa shape index (κ2) is 8.26. The first kappa shape index (κ1) is 23.1. The van der Waals surface area contributed by atoms with E-state index in [1.807, 2.05) is 6.92 Å². The molecule has 4 aromatic rings. The number of phenols is 1. The first-order chi connectivity index (χ1) is 17.0. The summed E-state index contributed by atoms with van der Waals surface area (Å²) in [6.45, 7) is 1.90. The molecule has 0 spiro atoms. The third-order valence-electron chi connectivity index (χ3n) is 5.80. The highest BCUT2D eigenvalue weighted by Crippen LogP contribution is 2.40. The molecule has 0 aromatic heterocycles. The van der Waals surface area contributed by atoms with E-state index in [0.717, 1.165) is 16.5 Å². The van der Waals surface area contributed by atoms with Crippen molar-refractivity contribution in [1.29, 1.82) is 0 Å². The number of fused-ring (bicyclic) bond motifs is 2. The highest BCUT2D eigenvalue weighted by molar-refractivity contribution is 7.85. The fraction of sp³-hybridized carbons (Fsp3) is 0.0400. The number of carbonyl (C=O) groups is 2. The molecule has 1 aliphatic heterocycles. The van der Waals surface area contributed by atoms with E-state index in [1.54, 1.807) is 24.3 Å². The topological polar surface area (TPSA) is 163 Å². The molecule has 1 aliphatic rings. The van der Waals surface area contributed by atoms with Gasteiger partial charge in [0, 0.05) is 6.07 Å². The zero-order valence-corrected chi connectivity index (χ0v) is 19.5. The minimum absolute atomic E-state index is 0.0658. The van der Waals surface area contributed by atoms with Crippen molar-refractivity contribution in [3.8, 4) is 5.75 Å². The maximum absolute atomic E-state index is 13.0. The molecular formula is C25H18N4O6S. The Hall–Kier alpha value is -4.61. The molecule has 0 saturated heterocycles. The zero-order chi connectivity index (χ0) is 25.8. The van der Waals surface area contributed by atoms with Gasteiger partial charge in [-0.3, -0.25) is 14.1 Å². The van der Waals surface area contributed by atoms with Crippen molar-refractivity contribution >= 4 is 55.5 Å². The molecule has 0 radical (unpaired) electrons. The lowest BCUT2D eigenvalue weighted by atomic mass is 10.1. The molecule has 1 heterocycles. The van der Waals surface area contributed by atoms with Gasteiger partial charge in [0.2, 0.25) is 0 Å². The van der Waals surface area contributed by atoms with Gasteiger partial charge in [0.1, 0.15) is 11.4 Å². The molecule has 0 bridgehead atoms. The summed E-state index contributed by atoms with van der Waals surface area (Å²) in [7, 11) is -4.55. The number of hydrogen-bond donors (Lipinski definition) is 3. The fourth-order valence-corrected chi connectivity index (χ4v) is 4.53. The molecule has 4 N–H and O–H groups in total. The van der Waals surface area contributed by atoms with E-state index in [1.165, 1.54) is 36.4 Å². The molecule has 0 fully saturated rings. The molecule has 4 aromatic carbocycles. The number of benzene rings is 4. The number of amides is 2. The van der Waals surface area contributed by atoms with Gasteiger partial charge in [-0.2, -0.15) is 13.5 Å². The highest BCUT2D eigenvalue weighted by atomic mass is 32.2. The second-order valence-electron chi connectivity index (χ2n) is 8.23. The molecule has 0 unspecified atom stereocenters. The number of nitrogens with two attached hydrogens (primary N) is 1. The van der Waals surface area contributed by atoms with Gasteiger partial charge in [0.25, 0.3) is 21.9 Å². The van der Waals surface area contributed by atoms with Crippen molar-refractivity contribution in [3.05, 3.63) is 83.4 Å². The smallest absolute Gasteiger partial charge is 0.294 e. The van der Waals surface area contributed by atoms with Crippen LogP contribution in [0.4, 0.5) is 22.7 Å². The average Bonchev–Trinajstić information content (AvgIpc) is 3.08. The number of carbonyl (C=O) groups excluding carboxylic acids is 2. The average molecular weight is 503 g/mol. The highest BCUT2D eigenvalue weighted by Gasteiger charge is 2.36. The Morgan fingerprint density at radius 2 is 1.56 bits per heavy atom. The Bertz CT molecular complexity index is 1730. The van der Waals surface area contributed by atoms with Gasteiger partial charge >= 0.3 is 0 Å². The van der Waals surface area contributed by atoms with Crippen molar-refractivity contribution < 1.29 is 27.7 Å². The zero-order valence-electron chi connectivity index (χ0n) is 18.7.